The van der Waals surface area contributed by atoms with E-state index in [1.807, 2.05) is 6.92 Å². The Balaban J connectivity index is 2.40. The molecule has 0 spiro atoms. The Morgan fingerprint density at radius 1 is 1.32 bits per heavy atom. The quantitative estimate of drug-likeness (QED) is 0.835. The Bertz CT molecular complexity index is 569. The first-order valence-electron chi connectivity index (χ1n) is 6.08. The molecule has 0 aromatic heterocycles. The van der Waals surface area contributed by atoms with Crippen molar-refractivity contribution in [1.82, 2.24) is 4.72 Å². The number of benzene rings is 1. The van der Waals surface area contributed by atoms with Crippen LogP contribution < -0.4 is 10.5 Å². The lowest BCUT2D eigenvalue weighted by Gasteiger charge is -2.41. The average molecular weight is 290 g/mol. The second kappa shape index (κ2) is 4.72. The van der Waals surface area contributed by atoms with Crippen molar-refractivity contribution in [3.63, 3.8) is 0 Å². The second-order valence-corrected chi connectivity index (χ2v) is 6.53. The van der Waals surface area contributed by atoms with Gasteiger partial charge in [-0.15, -0.1) is 0 Å². The summed E-state index contributed by atoms with van der Waals surface area (Å²) in [4.78, 5) is -0.957. The minimum absolute atomic E-state index is 0.150. The summed E-state index contributed by atoms with van der Waals surface area (Å²) in [6.07, 6.45) is 2.86. The minimum Gasteiger partial charge on any atom is -0.399 e. The molecule has 19 heavy (non-hydrogen) atoms. The zero-order valence-corrected chi connectivity index (χ0v) is 11.4. The van der Waals surface area contributed by atoms with E-state index in [1.54, 1.807) is 0 Å². The Morgan fingerprint density at radius 2 is 1.84 bits per heavy atom. The predicted octanol–water partition coefficient (Wildman–Crippen LogP) is 2.16. The molecule has 0 unspecified atom stereocenters. The summed E-state index contributed by atoms with van der Waals surface area (Å²) in [5.74, 6) is -2.34. The molecule has 1 aromatic rings. The number of nitrogens with one attached hydrogen (secondary N) is 1. The monoisotopic (exact) mass is 290 g/mol. The van der Waals surface area contributed by atoms with Gasteiger partial charge in [0.1, 0.15) is 11.6 Å². The fraction of sp³-hybridized carbons (Fsp3) is 0.500. The molecule has 0 bridgehead atoms. The number of nitrogens with two attached hydrogens (primary N) is 1. The number of nitrogen functional groups attached to an aromatic ring is 1. The van der Waals surface area contributed by atoms with Crippen LogP contribution in [-0.2, 0) is 10.0 Å². The number of rotatable bonds is 4. The normalized spacial score (nSPS) is 18.1. The maximum atomic E-state index is 13.7. The largest absolute Gasteiger partial charge is 0.399 e. The summed E-state index contributed by atoms with van der Waals surface area (Å²) in [5, 5.41) is 0. The summed E-state index contributed by atoms with van der Waals surface area (Å²) in [5.41, 5.74) is 4.55. The van der Waals surface area contributed by atoms with Crippen molar-refractivity contribution in [1.29, 1.82) is 0 Å². The third-order valence-corrected chi connectivity index (χ3v) is 5.26. The van der Waals surface area contributed by atoms with E-state index in [0.29, 0.717) is 19.3 Å². The molecule has 4 nitrogen and oxygen atoms in total. The van der Waals surface area contributed by atoms with Crippen molar-refractivity contribution < 1.29 is 17.2 Å². The molecule has 1 aliphatic rings. The Hall–Kier alpha value is -1.21. The van der Waals surface area contributed by atoms with Crippen LogP contribution in [0.5, 0.6) is 0 Å². The number of halogens is 2. The molecule has 2 rings (SSSR count). The predicted molar refractivity (Wildman–Crippen MR) is 68.0 cm³/mol. The van der Waals surface area contributed by atoms with Crippen LogP contribution in [0, 0.1) is 11.6 Å². The van der Waals surface area contributed by atoms with Crippen LogP contribution in [0.4, 0.5) is 14.5 Å². The number of anilines is 1. The van der Waals surface area contributed by atoms with Gasteiger partial charge in [0, 0.05) is 11.2 Å². The highest BCUT2D eigenvalue weighted by Crippen LogP contribution is 2.36. The summed E-state index contributed by atoms with van der Waals surface area (Å²) in [6, 6.07) is 1.61. The first kappa shape index (κ1) is 14.2. The van der Waals surface area contributed by atoms with Crippen LogP contribution in [-0.4, -0.2) is 14.0 Å². The molecule has 1 aromatic carbocycles. The van der Waals surface area contributed by atoms with E-state index in [4.69, 9.17) is 5.73 Å². The van der Waals surface area contributed by atoms with E-state index in [9.17, 15) is 17.2 Å². The standard InChI is InChI=1S/C12H16F2N2O2S/c1-2-12(4-3-5-12)16-19(17,18)11-9(13)6-8(15)7-10(11)14/h6-7,16H,2-5,15H2,1H3. The Labute approximate surface area is 111 Å². The summed E-state index contributed by atoms with van der Waals surface area (Å²) < 4.78 is 54.0. The first-order valence-corrected chi connectivity index (χ1v) is 7.56. The van der Waals surface area contributed by atoms with Gasteiger partial charge in [-0.25, -0.2) is 21.9 Å². The number of hydrogen-bond donors (Lipinski definition) is 2. The van der Waals surface area contributed by atoms with E-state index >= 15 is 0 Å². The van der Waals surface area contributed by atoms with Gasteiger partial charge in [-0.2, -0.15) is 0 Å². The number of hydrogen-bond acceptors (Lipinski definition) is 3. The highest BCUT2D eigenvalue weighted by atomic mass is 32.2. The molecular weight excluding hydrogens is 274 g/mol. The van der Waals surface area contributed by atoms with E-state index in [1.165, 1.54) is 0 Å². The van der Waals surface area contributed by atoms with Crippen LogP contribution in [0.3, 0.4) is 0 Å². The summed E-state index contributed by atoms with van der Waals surface area (Å²) in [6.45, 7) is 1.84. The van der Waals surface area contributed by atoms with E-state index in [-0.39, 0.29) is 5.69 Å². The maximum absolute atomic E-state index is 13.7. The summed E-state index contributed by atoms with van der Waals surface area (Å²) >= 11 is 0. The lowest BCUT2D eigenvalue weighted by molar-refractivity contribution is 0.213. The van der Waals surface area contributed by atoms with Gasteiger partial charge in [0.2, 0.25) is 10.0 Å². The van der Waals surface area contributed by atoms with E-state index < -0.39 is 32.1 Å². The first-order chi connectivity index (χ1) is 8.80. The van der Waals surface area contributed by atoms with Crippen molar-refractivity contribution in [3.05, 3.63) is 23.8 Å². The molecule has 1 saturated carbocycles. The molecule has 3 N–H and O–H groups in total. The molecule has 106 valence electrons. The minimum atomic E-state index is -4.22. The Morgan fingerprint density at radius 3 is 2.21 bits per heavy atom. The van der Waals surface area contributed by atoms with Crippen LogP contribution in [0.2, 0.25) is 0 Å². The molecule has 0 aliphatic heterocycles. The summed E-state index contributed by atoms with van der Waals surface area (Å²) in [7, 11) is -4.22. The fourth-order valence-corrected chi connectivity index (χ4v) is 3.96. The zero-order chi connectivity index (χ0) is 14.3. The van der Waals surface area contributed by atoms with Crippen molar-refractivity contribution >= 4 is 15.7 Å². The van der Waals surface area contributed by atoms with E-state index in [2.05, 4.69) is 4.72 Å². The van der Waals surface area contributed by atoms with Crippen LogP contribution >= 0.6 is 0 Å². The van der Waals surface area contributed by atoms with Gasteiger partial charge < -0.3 is 5.73 Å². The van der Waals surface area contributed by atoms with Crippen molar-refractivity contribution in [3.8, 4) is 0 Å². The third kappa shape index (κ3) is 2.57. The third-order valence-electron chi connectivity index (χ3n) is 3.63. The molecule has 1 aliphatic carbocycles. The fourth-order valence-electron chi connectivity index (χ4n) is 2.30. The van der Waals surface area contributed by atoms with Gasteiger partial charge in [-0.1, -0.05) is 6.92 Å². The van der Waals surface area contributed by atoms with Crippen LogP contribution in [0.1, 0.15) is 32.6 Å². The average Bonchev–Trinajstić information content (AvgIpc) is 2.21. The van der Waals surface area contributed by atoms with Gasteiger partial charge in [0.25, 0.3) is 0 Å². The van der Waals surface area contributed by atoms with E-state index in [0.717, 1.165) is 18.6 Å². The maximum Gasteiger partial charge on any atom is 0.246 e. The molecular formula is C12H16F2N2O2S. The van der Waals surface area contributed by atoms with Crippen LogP contribution in [0.25, 0.3) is 0 Å². The molecule has 0 atom stereocenters. The smallest absolute Gasteiger partial charge is 0.246 e. The molecule has 0 heterocycles. The van der Waals surface area contributed by atoms with Gasteiger partial charge in [-0.05, 0) is 37.8 Å². The highest BCUT2D eigenvalue weighted by Gasteiger charge is 2.40. The van der Waals surface area contributed by atoms with Gasteiger partial charge in [0.15, 0.2) is 4.90 Å². The number of sulfonamides is 1. The highest BCUT2D eigenvalue weighted by molar-refractivity contribution is 7.89. The molecule has 0 amide bonds. The topological polar surface area (TPSA) is 72.2 Å². The molecule has 1 fully saturated rings. The van der Waals surface area contributed by atoms with Crippen molar-refractivity contribution in [2.24, 2.45) is 0 Å². The van der Waals surface area contributed by atoms with Crippen molar-refractivity contribution in [2.45, 2.75) is 43.0 Å². The second-order valence-electron chi connectivity index (χ2n) is 4.91. The van der Waals surface area contributed by atoms with Gasteiger partial charge >= 0.3 is 0 Å². The zero-order valence-electron chi connectivity index (χ0n) is 10.5. The molecule has 0 radical (unpaired) electrons. The lowest BCUT2D eigenvalue weighted by Crippen LogP contribution is -2.53. The van der Waals surface area contributed by atoms with Crippen molar-refractivity contribution in [2.75, 3.05) is 5.73 Å². The van der Waals surface area contributed by atoms with Crippen LogP contribution in [0.15, 0.2) is 17.0 Å². The van der Waals surface area contributed by atoms with Gasteiger partial charge in [-0.3, -0.25) is 0 Å². The molecule has 0 saturated heterocycles. The SMILES string of the molecule is CCC1(NS(=O)(=O)c2c(F)cc(N)cc2F)CCC1. The van der Waals surface area contributed by atoms with Gasteiger partial charge in [0.05, 0.1) is 0 Å². The molecule has 7 heteroatoms. The lowest BCUT2D eigenvalue weighted by atomic mass is 9.76. The Kier molecular flexibility index (Phi) is 3.53.